The first kappa shape index (κ1) is 14.2. The second-order valence-electron chi connectivity index (χ2n) is 4.31. The number of hydrogen-bond donors (Lipinski definition) is 1. The van der Waals surface area contributed by atoms with Crippen LogP contribution in [0.3, 0.4) is 0 Å². The fourth-order valence-electron chi connectivity index (χ4n) is 1.90. The Morgan fingerprint density at radius 3 is 2.89 bits per heavy atom. The van der Waals surface area contributed by atoms with E-state index < -0.39 is 0 Å². The van der Waals surface area contributed by atoms with Crippen LogP contribution in [-0.2, 0) is 6.42 Å². The molecular weight excluding hydrogens is 261 g/mol. The van der Waals surface area contributed by atoms with Crippen molar-refractivity contribution in [3.63, 3.8) is 0 Å². The van der Waals surface area contributed by atoms with Crippen LogP contribution in [0.2, 0.25) is 0 Å². The van der Waals surface area contributed by atoms with E-state index in [9.17, 15) is 4.39 Å². The zero-order valence-electron chi connectivity index (χ0n) is 10.9. The number of likely N-dealkylation sites (N-methyl/N-ethyl adjacent to an activating group) is 1. The fourth-order valence-corrected chi connectivity index (χ4v) is 2.90. The standard InChI is InChI=1S/C15H18FNOS/c1-2-17-13(10-14-6-4-8-18-14)11-19-15-7-3-5-12(16)9-15/h3-9,13,17H,2,10-11H2,1H3. The Kier molecular flexibility index (Phi) is 5.48. The summed E-state index contributed by atoms with van der Waals surface area (Å²) in [5.41, 5.74) is 0. The van der Waals surface area contributed by atoms with Crippen LogP contribution in [0.1, 0.15) is 12.7 Å². The third kappa shape index (κ3) is 4.73. The molecule has 2 nitrogen and oxygen atoms in total. The first-order valence-corrected chi connectivity index (χ1v) is 7.40. The third-order valence-corrected chi connectivity index (χ3v) is 3.92. The molecule has 19 heavy (non-hydrogen) atoms. The van der Waals surface area contributed by atoms with E-state index in [1.54, 1.807) is 30.2 Å². The van der Waals surface area contributed by atoms with Gasteiger partial charge in [0.05, 0.1) is 6.26 Å². The molecule has 2 aromatic rings. The van der Waals surface area contributed by atoms with E-state index in [1.807, 2.05) is 18.2 Å². The van der Waals surface area contributed by atoms with E-state index in [0.717, 1.165) is 29.4 Å². The van der Waals surface area contributed by atoms with Crippen molar-refractivity contribution in [3.05, 3.63) is 54.2 Å². The highest BCUT2D eigenvalue weighted by atomic mass is 32.2. The van der Waals surface area contributed by atoms with Gasteiger partial charge >= 0.3 is 0 Å². The van der Waals surface area contributed by atoms with Gasteiger partial charge in [0.2, 0.25) is 0 Å². The van der Waals surface area contributed by atoms with Gasteiger partial charge in [-0.25, -0.2) is 4.39 Å². The molecule has 1 aromatic carbocycles. The average Bonchev–Trinajstić information content (AvgIpc) is 2.89. The van der Waals surface area contributed by atoms with Crippen molar-refractivity contribution in [2.45, 2.75) is 24.3 Å². The molecule has 102 valence electrons. The molecule has 4 heteroatoms. The molecule has 0 aliphatic carbocycles. The number of hydrogen-bond acceptors (Lipinski definition) is 3. The lowest BCUT2D eigenvalue weighted by Gasteiger charge is -2.16. The molecule has 0 spiro atoms. The molecule has 1 heterocycles. The molecule has 0 amide bonds. The van der Waals surface area contributed by atoms with Crippen molar-refractivity contribution in [2.75, 3.05) is 12.3 Å². The van der Waals surface area contributed by atoms with Crippen LogP contribution >= 0.6 is 11.8 Å². The highest BCUT2D eigenvalue weighted by Crippen LogP contribution is 2.20. The molecule has 1 atom stereocenters. The predicted molar refractivity (Wildman–Crippen MR) is 77.0 cm³/mol. The summed E-state index contributed by atoms with van der Waals surface area (Å²) in [5.74, 6) is 1.68. The van der Waals surface area contributed by atoms with Crippen molar-refractivity contribution in [3.8, 4) is 0 Å². The number of benzene rings is 1. The minimum Gasteiger partial charge on any atom is -0.469 e. The van der Waals surface area contributed by atoms with Gasteiger partial charge in [-0.2, -0.15) is 0 Å². The van der Waals surface area contributed by atoms with Gasteiger partial charge < -0.3 is 9.73 Å². The van der Waals surface area contributed by atoms with Crippen molar-refractivity contribution < 1.29 is 8.81 Å². The summed E-state index contributed by atoms with van der Waals surface area (Å²) in [6.07, 6.45) is 2.54. The average molecular weight is 279 g/mol. The number of nitrogens with one attached hydrogen (secondary N) is 1. The lowest BCUT2D eigenvalue weighted by molar-refractivity contribution is 0.465. The topological polar surface area (TPSA) is 25.2 Å². The van der Waals surface area contributed by atoms with Crippen LogP contribution in [-0.4, -0.2) is 18.3 Å². The first-order valence-electron chi connectivity index (χ1n) is 6.42. The maximum Gasteiger partial charge on any atom is 0.124 e. The molecule has 1 N–H and O–H groups in total. The summed E-state index contributed by atoms with van der Waals surface area (Å²) < 4.78 is 18.5. The first-order chi connectivity index (χ1) is 9.28. The van der Waals surface area contributed by atoms with Crippen molar-refractivity contribution >= 4 is 11.8 Å². The molecule has 0 aliphatic rings. The van der Waals surface area contributed by atoms with Gasteiger partial charge in [-0.05, 0) is 36.9 Å². The summed E-state index contributed by atoms with van der Waals surface area (Å²) in [7, 11) is 0. The van der Waals surface area contributed by atoms with Crippen LogP contribution in [0, 0.1) is 5.82 Å². The third-order valence-electron chi connectivity index (χ3n) is 2.77. The molecule has 1 unspecified atom stereocenters. The summed E-state index contributed by atoms with van der Waals surface area (Å²) in [4.78, 5) is 0.961. The normalized spacial score (nSPS) is 12.5. The van der Waals surface area contributed by atoms with Gasteiger partial charge in [0.25, 0.3) is 0 Å². The highest BCUT2D eigenvalue weighted by Gasteiger charge is 2.11. The minimum absolute atomic E-state index is 0.184. The lowest BCUT2D eigenvalue weighted by atomic mass is 10.2. The largest absolute Gasteiger partial charge is 0.469 e. The van der Waals surface area contributed by atoms with Crippen LogP contribution in [0.4, 0.5) is 4.39 Å². The Bertz CT molecular complexity index is 487. The molecule has 0 fully saturated rings. The Labute approximate surface area is 117 Å². The van der Waals surface area contributed by atoms with Gasteiger partial charge in [-0.15, -0.1) is 11.8 Å². The van der Waals surface area contributed by atoms with Gasteiger partial charge in [-0.3, -0.25) is 0 Å². The molecule has 0 saturated heterocycles. The molecular formula is C15H18FNOS. The number of halogens is 1. The Balaban J connectivity index is 1.89. The van der Waals surface area contributed by atoms with E-state index >= 15 is 0 Å². The SMILES string of the molecule is CCNC(CSc1cccc(F)c1)Cc1ccco1. The van der Waals surface area contributed by atoms with Gasteiger partial charge in [0.15, 0.2) is 0 Å². The van der Waals surface area contributed by atoms with Crippen LogP contribution in [0.15, 0.2) is 52.0 Å². The number of rotatable bonds is 7. The Hall–Kier alpha value is -1.26. The smallest absolute Gasteiger partial charge is 0.124 e. The van der Waals surface area contributed by atoms with Gasteiger partial charge in [-0.1, -0.05) is 13.0 Å². The van der Waals surface area contributed by atoms with E-state index in [1.165, 1.54) is 6.07 Å². The number of furan rings is 1. The fraction of sp³-hybridized carbons (Fsp3) is 0.333. The Morgan fingerprint density at radius 2 is 2.21 bits per heavy atom. The van der Waals surface area contributed by atoms with E-state index in [4.69, 9.17) is 4.42 Å². The molecule has 0 aliphatic heterocycles. The molecule has 0 saturated carbocycles. The maximum absolute atomic E-state index is 13.1. The molecule has 2 rings (SSSR count). The minimum atomic E-state index is -0.184. The lowest BCUT2D eigenvalue weighted by Crippen LogP contribution is -2.33. The van der Waals surface area contributed by atoms with Crippen LogP contribution < -0.4 is 5.32 Å². The van der Waals surface area contributed by atoms with E-state index in [-0.39, 0.29) is 5.82 Å². The van der Waals surface area contributed by atoms with E-state index in [2.05, 4.69) is 12.2 Å². The molecule has 1 aromatic heterocycles. The Morgan fingerprint density at radius 1 is 1.32 bits per heavy atom. The monoisotopic (exact) mass is 279 g/mol. The van der Waals surface area contributed by atoms with Crippen molar-refractivity contribution in [1.29, 1.82) is 0 Å². The summed E-state index contributed by atoms with van der Waals surface area (Å²) in [6, 6.07) is 10.9. The van der Waals surface area contributed by atoms with Gasteiger partial charge in [0.1, 0.15) is 11.6 Å². The van der Waals surface area contributed by atoms with Gasteiger partial charge in [0, 0.05) is 23.1 Å². The summed E-state index contributed by atoms with van der Waals surface area (Å²) in [5, 5.41) is 3.43. The second kappa shape index (κ2) is 7.36. The quantitative estimate of drug-likeness (QED) is 0.782. The van der Waals surface area contributed by atoms with Crippen LogP contribution in [0.25, 0.3) is 0 Å². The molecule has 0 radical (unpaired) electrons. The summed E-state index contributed by atoms with van der Waals surface area (Å²) in [6.45, 7) is 3.00. The van der Waals surface area contributed by atoms with Crippen LogP contribution in [0.5, 0.6) is 0 Å². The summed E-state index contributed by atoms with van der Waals surface area (Å²) >= 11 is 1.66. The van der Waals surface area contributed by atoms with Crippen molar-refractivity contribution in [2.24, 2.45) is 0 Å². The maximum atomic E-state index is 13.1. The zero-order valence-corrected chi connectivity index (χ0v) is 11.8. The predicted octanol–water partition coefficient (Wildman–Crippen LogP) is 3.73. The van der Waals surface area contributed by atoms with Crippen molar-refractivity contribution in [1.82, 2.24) is 5.32 Å². The zero-order chi connectivity index (χ0) is 13.5. The number of thioether (sulfide) groups is 1. The second-order valence-corrected chi connectivity index (χ2v) is 5.40. The highest BCUT2D eigenvalue weighted by molar-refractivity contribution is 7.99. The molecule has 0 bridgehead atoms. The van der Waals surface area contributed by atoms with E-state index in [0.29, 0.717) is 6.04 Å².